The van der Waals surface area contributed by atoms with Gasteiger partial charge in [0.05, 0.1) is 11.2 Å². The summed E-state index contributed by atoms with van der Waals surface area (Å²) < 4.78 is 25.1. The fourth-order valence-corrected chi connectivity index (χ4v) is 3.22. The van der Waals surface area contributed by atoms with Crippen LogP contribution >= 0.6 is 0 Å². The van der Waals surface area contributed by atoms with Crippen molar-refractivity contribution in [3.63, 3.8) is 0 Å². The minimum absolute atomic E-state index is 0.0859. The average molecular weight is 278 g/mol. The highest BCUT2D eigenvalue weighted by Crippen LogP contribution is 2.38. The molecule has 2 fully saturated rings. The minimum atomic E-state index is -0.426. The van der Waals surface area contributed by atoms with Crippen molar-refractivity contribution in [1.29, 1.82) is 0 Å². The van der Waals surface area contributed by atoms with E-state index in [4.69, 9.17) is 9.47 Å². The van der Waals surface area contributed by atoms with Gasteiger partial charge < -0.3 is 9.47 Å². The Balaban J connectivity index is 1.77. The molecule has 0 N–H and O–H groups in total. The van der Waals surface area contributed by atoms with Gasteiger partial charge in [0.15, 0.2) is 5.78 Å². The number of ether oxygens (including phenoxy) is 2. The highest BCUT2D eigenvalue weighted by molar-refractivity contribution is 5.98. The highest BCUT2D eigenvalue weighted by atomic mass is 19.1. The summed E-state index contributed by atoms with van der Waals surface area (Å²) in [4.78, 5) is 12.5. The number of carbonyl (C=O) groups is 1. The molecule has 20 heavy (non-hydrogen) atoms. The molecule has 0 saturated carbocycles. The number of Topliss-reactive ketones (excluding diaryl/α,β-unsaturated/α-hetero) is 1. The first-order chi connectivity index (χ1) is 9.70. The topological polar surface area (TPSA) is 35.5 Å². The summed E-state index contributed by atoms with van der Waals surface area (Å²) in [6.45, 7) is 1.94. The van der Waals surface area contributed by atoms with E-state index in [1.807, 2.05) is 0 Å². The van der Waals surface area contributed by atoms with Gasteiger partial charge in [-0.3, -0.25) is 4.79 Å². The molecule has 1 unspecified atom stereocenters. The van der Waals surface area contributed by atoms with Crippen molar-refractivity contribution in [2.75, 3.05) is 19.8 Å². The fourth-order valence-electron chi connectivity index (χ4n) is 3.22. The molecular weight excluding hydrogens is 259 g/mol. The van der Waals surface area contributed by atoms with E-state index in [9.17, 15) is 9.18 Å². The maximum Gasteiger partial charge on any atom is 0.169 e. The molecule has 2 saturated heterocycles. The quantitative estimate of drug-likeness (QED) is 0.780. The van der Waals surface area contributed by atoms with Gasteiger partial charge >= 0.3 is 0 Å². The van der Waals surface area contributed by atoms with Crippen LogP contribution in [0.25, 0.3) is 0 Å². The van der Waals surface area contributed by atoms with Crippen molar-refractivity contribution in [3.8, 4) is 0 Å². The number of ketones is 1. The molecule has 0 radical (unpaired) electrons. The summed E-state index contributed by atoms with van der Waals surface area (Å²) in [6.07, 6.45) is 3.02. The van der Waals surface area contributed by atoms with Crippen LogP contribution in [0.3, 0.4) is 0 Å². The Labute approximate surface area is 118 Å². The number of halogens is 1. The average Bonchev–Trinajstić information content (AvgIpc) is 2.48. The molecule has 0 aromatic heterocycles. The standard InChI is InChI=1S/C16H19FO3/c17-14-4-2-1-3-13(14)15(18)12-5-8-20-16(11-12)6-9-19-10-7-16/h1-4,12H,5-11H2. The third-order valence-corrected chi connectivity index (χ3v) is 4.41. The summed E-state index contributed by atoms with van der Waals surface area (Å²) in [5, 5.41) is 0. The van der Waals surface area contributed by atoms with E-state index in [0.29, 0.717) is 32.7 Å². The number of hydrogen-bond donors (Lipinski definition) is 0. The molecule has 2 heterocycles. The maximum absolute atomic E-state index is 13.8. The molecule has 2 aliphatic heterocycles. The Morgan fingerprint density at radius 3 is 2.70 bits per heavy atom. The predicted octanol–water partition coefficient (Wildman–Crippen LogP) is 2.98. The van der Waals surface area contributed by atoms with Crippen molar-refractivity contribution in [1.82, 2.24) is 0 Å². The Hall–Kier alpha value is -1.26. The summed E-state index contributed by atoms with van der Waals surface area (Å²) in [6, 6.07) is 6.23. The number of carbonyl (C=O) groups excluding carboxylic acids is 1. The lowest BCUT2D eigenvalue weighted by molar-refractivity contribution is -0.142. The molecule has 2 aliphatic rings. The van der Waals surface area contributed by atoms with Gasteiger partial charge in [-0.2, -0.15) is 0 Å². The summed E-state index contributed by atoms with van der Waals surface area (Å²) in [5.74, 6) is -0.652. The van der Waals surface area contributed by atoms with Gasteiger partial charge in [0, 0.05) is 25.7 Å². The number of hydrogen-bond acceptors (Lipinski definition) is 3. The molecule has 1 aromatic carbocycles. The summed E-state index contributed by atoms with van der Waals surface area (Å²) >= 11 is 0. The largest absolute Gasteiger partial charge is 0.381 e. The maximum atomic E-state index is 13.8. The molecule has 0 amide bonds. The zero-order chi connectivity index (χ0) is 14.0. The lowest BCUT2D eigenvalue weighted by Gasteiger charge is -2.42. The molecule has 108 valence electrons. The molecule has 4 heteroatoms. The van der Waals surface area contributed by atoms with E-state index >= 15 is 0 Å². The Kier molecular flexibility index (Phi) is 3.85. The van der Waals surface area contributed by atoms with Crippen LogP contribution in [-0.4, -0.2) is 31.2 Å². The van der Waals surface area contributed by atoms with Crippen LogP contribution < -0.4 is 0 Å². The second kappa shape index (κ2) is 5.62. The van der Waals surface area contributed by atoms with Crippen LogP contribution in [0, 0.1) is 11.7 Å². The summed E-state index contributed by atoms with van der Waals surface area (Å²) in [5.41, 5.74) is -0.0242. The zero-order valence-electron chi connectivity index (χ0n) is 11.4. The highest BCUT2D eigenvalue weighted by Gasteiger charge is 2.41. The van der Waals surface area contributed by atoms with Crippen molar-refractivity contribution in [2.45, 2.75) is 31.3 Å². The molecule has 1 aromatic rings. The SMILES string of the molecule is O=C(c1ccccc1F)C1CCOC2(CCOCC2)C1. The smallest absolute Gasteiger partial charge is 0.169 e. The van der Waals surface area contributed by atoms with Crippen LogP contribution in [0.4, 0.5) is 4.39 Å². The van der Waals surface area contributed by atoms with Gasteiger partial charge in [-0.25, -0.2) is 4.39 Å². The van der Waals surface area contributed by atoms with Gasteiger partial charge in [0.1, 0.15) is 5.82 Å². The van der Waals surface area contributed by atoms with Crippen LogP contribution in [0.15, 0.2) is 24.3 Å². The predicted molar refractivity (Wildman–Crippen MR) is 72.2 cm³/mol. The first-order valence-corrected chi connectivity index (χ1v) is 7.21. The molecule has 1 atom stereocenters. The molecule has 0 aliphatic carbocycles. The van der Waals surface area contributed by atoms with Gasteiger partial charge in [-0.1, -0.05) is 12.1 Å². The minimum Gasteiger partial charge on any atom is -0.381 e. The van der Waals surface area contributed by atoms with Crippen LogP contribution in [0.1, 0.15) is 36.0 Å². The van der Waals surface area contributed by atoms with E-state index in [1.165, 1.54) is 6.07 Å². The van der Waals surface area contributed by atoms with Gasteiger partial charge in [0.2, 0.25) is 0 Å². The Bertz CT molecular complexity index is 489. The van der Waals surface area contributed by atoms with Crippen LogP contribution in [-0.2, 0) is 9.47 Å². The van der Waals surface area contributed by atoms with Gasteiger partial charge in [-0.05, 0) is 37.8 Å². The normalized spacial score (nSPS) is 25.6. The first kappa shape index (κ1) is 13.7. The molecule has 0 bridgehead atoms. The van der Waals surface area contributed by atoms with Crippen molar-refractivity contribution in [2.24, 2.45) is 5.92 Å². The van der Waals surface area contributed by atoms with Crippen molar-refractivity contribution < 1.29 is 18.7 Å². The molecular formula is C16H19FO3. The summed E-state index contributed by atoms with van der Waals surface area (Å²) in [7, 11) is 0. The van der Waals surface area contributed by atoms with E-state index in [2.05, 4.69) is 0 Å². The fraction of sp³-hybridized carbons (Fsp3) is 0.562. The zero-order valence-corrected chi connectivity index (χ0v) is 11.4. The first-order valence-electron chi connectivity index (χ1n) is 7.21. The van der Waals surface area contributed by atoms with Crippen molar-refractivity contribution >= 4 is 5.78 Å². The van der Waals surface area contributed by atoms with Crippen LogP contribution in [0.5, 0.6) is 0 Å². The Morgan fingerprint density at radius 2 is 1.95 bits per heavy atom. The van der Waals surface area contributed by atoms with E-state index < -0.39 is 5.82 Å². The Morgan fingerprint density at radius 1 is 1.20 bits per heavy atom. The second-order valence-corrected chi connectivity index (χ2v) is 5.68. The third-order valence-electron chi connectivity index (χ3n) is 4.41. The molecule has 1 spiro atoms. The van der Waals surface area contributed by atoms with Crippen LogP contribution in [0.2, 0.25) is 0 Å². The second-order valence-electron chi connectivity index (χ2n) is 5.68. The van der Waals surface area contributed by atoms with E-state index in [1.54, 1.807) is 18.2 Å². The number of benzene rings is 1. The number of rotatable bonds is 2. The van der Waals surface area contributed by atoms with Gasteiger partial charge in [0.25, 0.3) is 0 Å². The monoisotopic (exact) mass is 278 g/mol. The van der Waals surface area contributed by atoms with Crippen molar-refractivity contribution in [3.05, 3.63) is 35.6 Å². The molecule has 3 nitrogen and oxygen atoms in total. The van der Waals surface area contributed by atoms with E-state index in [0.717, 1.165) is 12.8 Å². The molecule has 3 rings (SSSR count). The lowest BCUT2D eigenvalue weighted by Crippen LogP contribution is -2.46. The van der Waals surface area contributed by atoms with Gasteiger partial charge in [-0.15, -0.1) is 0 Å². The third kappa shape index (κ3) is 2.63. The lowest BCUT2D eigenvalue weighted by atomic mass is 9.78. The van der Waals surface area contributed by atoms with E-state index in [-0.39, 0.29) is 22.9 Å².